The van der Waals surface area contributed by atoms with Crippen molar-refractivity contribution in [1.29, 1.82) is 0 Å². The summed E-state index contributed by atoms with van der Waals surface area (Å²) in [6.07, 6.45) is 11.2. The van der Waals surface area contributed by atoms with Gasteiger partial charge in [-0.25, -0.2) is 0 Å². The summed E-state index contributed by atoms with van der Waals surface area (Å²) in [5.74, 6) is 0. The van der Waals surface area contributed by atoms with Crippen LogP contribution < -0.4 is 0 Å². The summed E-state index contributed by atoms with van der Waals surface area (Å²) in [5.41, 5.74) is 0. The molecule has 0 unspecified atom stereocenters. The number of halogens is 2. The Balaban J connectivity index is 2.58. The van der Waals surface area contributed by atoms with Crippen LogP contribution in [0.25, 0.3) is 0 Å². The number of rotatable bonds is 1. The third kappa shape index (κ3) is 3.74. The Bertz CT molecular complexity index is 173. The van der Waals surface area contributed by atoms with Gasteiger partial charge in [-0.15, -0.1) is 0 Å². The van der Waals surface area contributed by atoms with Gasteiger partial charge in [-0.1, -0.05) is 0 Å². The molecule has 0 N–H and O–H groups in total. The van der Waals surface area contributed by atoms with Crippen LogP contribution in [0.5, 0.6) is 0 Å². The van der Waals surface area contributed by atoms with Crippen LogP contribution in [-0.2, 0) is 14.0 Å². The Morgan fingerprint density at radius 1 is 1.27 bits per heavy atom. The van der Waals surface area contributed by atoms with Crippen molar-refractivity contribution in [2.75, 3.05) is 0 Å². The Hall–Kier alpha value is 0.683. The zero-order valence-electron chi connectivity index (χ0n) is 6.17. The third-order valence-corrected chi connectivity index (χ3v) is 5.21. The van der Waals surface area contributed by atoms with Crippen LogP contribution >= 0.6 is 19.4 Å². The molecule has 0 aromatic heterocycles. The van der Waals surface area contributed by atoms with E-state index in [9.17, 15) is 0 Å². The minimum absolute atomic E-state index is 1.11. The topological polar surface area (TPSA) is 0 Å². The van der Waals surface area contributed by atoms with Crippen molar-refractivity contribution in [3.8, 4) is 0 Å². The van der Waals surface area contributed by atoms with E-state index in [0.29, 0.717) is 0 Å². The molecule has 0 amide bonds. The van der Waals surface area contributed by atoms with Crippen LogP contribution in [0.4, 0.5) is 0 Å². The van der Waals surface area contributed by atoms with Gasteiger partial charge in [-0.2, -0.15) is 0 Å². The molecule has 0 saturated carbocycles. The zero-order valence-corrected chi connectivity index (χ0v) is 9.42. The van der Waals surface area contributed by atoms with Gasteiger partial charge in [0.15, 0.2) is 0 Å². The maximum absolute atomic E-state index is 5.89. The average Bonchev–Trinajstić information content (AvgIpc) is 1.84. The summed E-state index contributed by atoms with van der Waals surface area (Å²) in [5, 5.41) is 0. The first-order chi connectivity index (χ1) is 5.30. The molecule has 0 bridgehead atoms. The number of allylic oxidation sites excluding steroid dienone is 4. The number of hydrogen-bond acceptors (Lipinski definition) is 0. The van der Waals surface area contributed by atoms with E-state index >= 15 is 0 Å². The second kappa shape index (κ2) is 5.35. The maximum atomic E-state index is 5.89. The van der Waals surface area contributed by atoms with Crippen LogP contribution in [0, 0.1) is 0 Å². The first-order valence-corrected chi connectivity index (χ1v) is 9.01. The van der Waals surface area contributed by atoms with Gasteiger partial charge in [-0.05, 0) is 0 Å². The molecule has 0 fully saturated rings. The van der Waals surface area contributed by atoms with Crippen molar-refractivity contribution >= 4 is 19.4 Å². The van der Waals surface area contributed by atoms with Crippen molar-refractivity contribution in [2.45, 2.75) is 25.7 Å². The Labute approximate surface area is 81.2 Å². The van der Waals surface area contributed by atoms with Crippen LogP contribution in [0.15, 0.2) is 22.4 Å². The quantitative estimate of drug-likeness (QED) is 0.638. The predicted octanol–water partition coefficient (Wildman–Crippen LogP) is 3.93. The van der Waals surface area contributed by atoms with Crippen molar-refractivity contribution in [2.24, 2.45) is 0 Å². The van der Waals surface area contributed by atoms with Crippen molar-refractivity contribution < 1.29 is 14.0 Å². The first-order valence-electron chi connectivity index (χ1n) is 3.66. The van der Waals surface area contributed by atoms with E-state index < -0.39 is 14.0 Å². The van der Waals surface area contributed by atoms with Gasteiger partial charge >= 0.3 is 81.4 Å². The molecule has 0 aromatic rings. The average molecular weight is 279 g/mol. The summed E-state index contributed by atoms with van der Waals surface area (Å²) in [6, 6.07) is 0. The molecule has 11 heavy (non-hydrogen) atoms. The molecule has 0 saturated heterocycles. The van der Waals surface area contributed by atoms with E-state index in [0.717, 1.165) is 6.42 Å². The summed E-state index contributed by atoms with van der Waals surface area (Å²) in [7, 11) is 11.8. The summed E-state index contributed by atoms with van der Waals surface area (Å²) < 4.78 is 1.29. The van der Waals surface area contributed by atoms with Crippen molar-refractivity contribution in [3.05, 3.63) is 22.4 Å². The normalized spacial score (nSPS) is 27.8. The van der Waals surface area contributed by atoms with E-state index in [4.69, 9.17) is 19.4 Å². The minimum atomic E-state index is -1.59. The fraction of sp³-hybridized carbons (Fsp3) is 0.500. The fourth-order valence-corrected chi connectivity index (χ4v) is 3.35. The predicted molar refractivity (Wildman–Crippen MR) is 47.4 cm³/mol. The van der Waals surface area contributed by atoms with Crippen LogP contribution in [0.1, 0.15) is 25.7 Å². The van der Waals surface area contributed by atoms with Gasteiger partial charge in [0.05, 0.1) is 0 Å². The molecule has 0 nitrogen and oxygen atoms in total. The van der Waals surface area contributed by atoms with E-state index in [1.165, 1.54) is 23.4 Å². The second-order valence-corrected chi connectivity index (χ2v) is 8.45. The van der Waals surface area contributed by atoms with Crippen LogP contribution in [0.3, 0.4) is 0 Å². The van der Waals surface area contributed by atoms with Gasteiger partial charge in [-0.3, -0.25) is 0 Å². The van der Waals surface area contributed by atoms with E-state index in [1.807, 2.05) is 0 Å². The molecule has 1 aliphatic carbocycles. The molecule has 1 aliphatic rings. The van der Waals surface area contributed by atoms with Gasteiger partial charge in [0.25, 0.3) is 0 Å². The summed E-state index contributed by atoms with van der Waals surface area (Å²) in [4.78, 5) is 0. The molecule has 0 atom stereocenters. The van der Waals surface area contributed by atoms with E-state index in [1.54, 1.807) is 0 Å². The summed E-state index contributed by atoms with van der Waals surface area (Å²) in [6.45, 7) is 0. The van der Waals surface area contributed by atoms with Gasteiger partial charge in [0, 0.05) is 0 Å². The molecule has 65 valence electrons. The molecule has 3 heteroatoms. The Morgan fingerprint density at radius 2 is 2.09 bits per heavy atom. The van der Waals surface area contributed by atoms with E-state index in [-0.39, 0.29) is 0 Å². The van der Waals surface area contributed by atoms with Crippen LogP contribution in [-0.4, -0.2) is 0 Å². The van der Waals surface area contributed by atoms with Gasteiger partial charge in [0.1, 0.15) is 0 Å². The van der Waals surface area contributed by atoms with Crippen molar-refractivity contribution in [3.63, 3.8) is 0 Å². The molecule has 0 heterocycles. The van der Waals surface area contributed by atoms with E-state index in [2.05, 4.69) is 18.2 Å². The molecule has 1 rings (SSSR count). The van der Waals surface area contributed by atoms with Crippen molar-refractivity contribution in [1.82, 2.24) is 0 Å². The van der Waals surface area contributed by atoms with Gasteiger partial charge in [0.2, 0.25) is 0 Å². The fourth-order valence-electron chi connectivity index (χ4n) is 1.01. The summed E-state index contributed by atoms with van der Waals surface area (Å²) >= 11 is -1.59. The molecule has 0 radical (unpaired) electrons. The Morgan fingerprint density at radius 3 is 2.82 bits per heavy atom. The first kappa shape index (κ1) is 9.77. The second-order valence-electron chi connectivity index (χ2n) is 2.46. The number of hydrogen-bond donors (Lipinski definition) is 0. The Kier molecular flexibility index (Phi) is 4.75. The molecular formula is C8H11Cl2Ru. The van der Waals surface area contributed by atoms with Crippen LogP contribution in [0.2, 0.25) is 0 Å². The SMILES string of the molecule is [Cl][Ru]([Cl])/[C]1=C/C=C\CCCC1. The molecule has 0 spiro atoms. The standard InChI is InChI=1S/C8H11.2ClH.Ru/c1-2-4-6-8-7-5-3-1;;;/h1-3H,4,6-8H2;2*1H;/q;;;+2/p-2/b2-1-,5-3?;;;. The molecular weight excluding hydrogens is 268 g/mol. The van der Waals surface area contributed by atoms with Gasteiger partial charge < -0.3 is 0 Å². The molecule has 0 aromatic carbocycles. The zero-order chi connectivity index (χ0) is 8.10. The third-order valence-electron chi connectivity index (χ3n) is 1.61. The monoisotopic (exact) mass is 279 g/mol. The molecule has 0 aliphatic heterocycles.